The van der Waals surface area contributed by atoms with E-state index in [1.54, 1.807) is 0 Å². The van der Waals surface area contributed by atoms with Crippen LogP contribution in [0.2, 0.25) is 0 Å². The molecular weight excluding hydrogens is 258 g/mol. The van der Waals surface area contributed by atoms with E-state index < -0.39 is 49.3 Å². The van der Waals surface area contributed by atoms with Gasteiger partial charge in [0.1, 0.15) is 36.7 Å². The third-order valence-electron chi connectivity index (χ3n) is 2.81. The Hall–Kier alpha value is -1.06. The van der Waals surface area contributed by atoms with Crippen LogP contribution in [0, 0.1) is 0 Å². The third-order valence-corrected chi connectivity index (χ3v) is 2.81. The van der Waals surface area contributed by atoms with Gasteiger partial charge in [-0.2, -0.15) is 0 Å². The minimum Gasteiger partial charge on any atom is -0.394 e. The average Bonchev–Trinajstić information content (AvgIpc) is 2.36. The maximum atomic E-state index is 11.1. The number of aliphatic hydroxyl groups is 3. The van der Waals surface area contributed by atoms with E-state index in [0.717, 1.165) is 0 Å². The van der Waals surface area contributed by atoms with Gasteiger partial charge in [-0.1, -0.05) is 0 Å². The topological polar surface area (TPSA) is 125 Å². The Morgan fingerprint density at radius 2 is 2.16 bits per heavy atom. The van der Waals surface area contributed by atoms with Gasteiger partial charge >= 0.3 is 0 Å². The minimum absolute atomic E-state index is 0.449. The van der Waals surface area contributed by atoms with E-state index in [1.807, 2.05) is 0 Å². The normalized spacial score (nSPS) is 36.6. The van der Waals surface area contributed by atoms with Crippen molar-refractivity contribution in [1.82, 2.24) is 5.32 Å². The summed E-state index contributed by atoms with van der Waals surface area (Å²) in [4.78, 5) is 21.7. The number of rotatable bonds is 5. The lowest BCUT2D eigenvalue weighted by Crippen LogP contribution is -2.65. The Bertz CT molecular complexity index is 324. The van der Waals surface area contributed by atoms with E-state index >= 15 is 0 Å². The van der Waals surface area contributed by atoms with Crippen LogP contribution in [0.1, 0.15) is 13.8 Å². The molecule has 1 aliphatic heterocycles. The number of amides is 1. The quantitative estimate of drug-likeness (QED) is 0.410. The largest absolute Gasteiger partial charge is 0.394 e. The molecule has 8 nitrogen and oxygen atoms in total. The van der Waals surface area contributed by atoms with Crippen molar-refractivity contribution in [3.05, 3.63) is 0 Å². The number of aliphatic hydroxyl groups excluding tert-OH is 3. The van der Waals surface area contributed by atoms with Gasteiger partial charge in [0.25, 0.3) is 0 Å². The molecule has 8 heteroatoms. The first-order valence-electron chi connectivity index (χ1n) is 5.91. The average molecular weight is 277 g/mol. The molecule has 1 fully saturated rings. The van der Waals surface area contributed by atoms with Crippen molar-refractivity contribution in [2.45, 2.75) is 50.6 Å². The van der Waals surface area contributed by atoms with Gasteiger partial charge in [-0.05, 0) is 6.92 Å². The number of nitrogens with one attached hydrogen (secondary N) is 1. The summed E-state index contributed by atoms with van der Waals surface area (Å²) in [6, 6.07) is -1.03. The van der Waals surface area contributed by atoms with Crippen molar-refractivity contribution < 1.29 is 34.4 Å². The maximum Gasteiger partial charge on any atom is 0.217 e. The van der Waals surface area contributed by atoms with Gasteiger partial charge < -0.3 is 34.9 Å². The van der Waals surface area contributed by atoms with Crippen molar-refractivity contribution in [2.75, 3.05) is 6.61 Å². The van der Waals surface area contributed by atoms with Gasteiger partial charge in [-0.3, -0.25) is 4.79 Å². The van der Waals surface area contributed by atoms with E-state index in [9.17, 15) is 19.8 Å². The first-order valence-corrected chi connectivity index (χ1v) is 5.91. The highest BCUT2D eigenvalue weighted by atomic mass is 16.6. The fourth-order valence-corrected chi connectivity index (χ4v) is 1.91. The summed E-state index contributed by atoms with van der Waals surface area (Å²) in [6.07, 6.45) is -5.16. The fourth-order valence-electron chi connectivity index (χ4n) is 1.91. The fraction of sp³-hybridized carbons (Fsp3) is 0.818. The van der Waals surface area contributed by atoms with Crippen LogP contribution < -0.4 is 5.32 Å². The molecule has 0 spiro atoms. The van der Waals surface area contributed by atoms with E-state index in [2.05, 4.69) is 5.32 Å². The first kappa shape index (κ1) is 16.0. The minimum atomic E-state index is -1.45. The molecule has 110 valence electrons. The van der Waals surface area contributed by atoms with Crippen LogP contribution in [0.15, 0.2) is 0 Å². The van der Waals surface area contributed by atoms with Crippen LogP contribution >= 0.6 is 0 Å². The monoisotopic (exact) mass is 277 g/mol. The van der Waals surface area contributed by atoms with Gasteiger partial charge in [0.05, 0.1) is 6.61 Å². The van der Waals surface area contributed by atoms with Crippen molar-refractivity contribution in [2.24, 2.45) is 0 Å². The van der Waals surface area contributed by atoms with Gasteiger partial charge in [-0.25, -0.2) is 0 Å². The van der Waals surface area contributed by atoms with Crippen molar-refractivity contribution >= 4 is 12.2 Å². The van der Waals surface area contributed by atoms with E-state index in [0.29, 0.717) is 6.29 Å². The molecule has 0 aromatic heterocycles. The van der Waals surface area contributed by atoms with Gasteiger partial charge in [-0.15, -0.1) is 0 Å². The number of hydrogen-bond acceptors (Lipinski definition) is 7. The molecule has 1 heterocycles. The number of ether oxygens (including phenoxy) is 2. The molecule has 1 saturated heterocycles. The summed E-state index contributed by atoms with van der Waals surface area (Å²) in [5, 5.41) is 31.2. The van der Waals surface area contributed by atoms with Crippen LogP contribution in [0.4, 0.5) is 0 Å². The second kappa shape index (κ2) is 6.92. The Labute approximate surface area is 110 Å². The van der Waals surface area contributed by atoms with Crippen molar-refractivity contribution in [1.29, 1.82) is 0 Å². The summed E-state index contributed by atoms with van der Waals surface area (Å²) < 4.78 is 10.3. The van der Waals surface area contributed by atoms with E-state index in [4.69, 9.17) is 14.6 Å². The first-order chi connectivity index (χ1) is 8.90. The molecule has 0 aromatic rings. The zero-order valence-corrected chi connectivity index (χ0v) is 10.7. The second-order valence-corrected chi connectivity index (χ2v) is 4.41. The molecule has 0 radical (unpaired) electrons. The lowest BCUT2D eigenvalue weighted by molar-refractivity contribution is -0.265. The van der Waals surface area contributed by atoms with Gasteiger partial charge in [0.2, 0.25) is 5.91 Å². The van der Waals surface area contributed by atoms with Gasteiger partial charge in [0.15, 0.2) is 6.29 Å². The molecule has 0 saturated carbocycles. The Balaban J connectivity index is 2.89. The van der Waals surface area contributed by atoms with Crippen LogP contribution in [-0.2, 0) is 19.1 Å². The standard InChI is InChI=1S/C11H19NO7/c1-5(3-13)18-10-8(12-6(2)15)11(17)19-7(4-14)9(10)16/h3,5,7-11,14,16-17H,4H2,1-2H3,(H,12,15)/t5?,7-,8-,9-,10-,11+/m1/s1. The smallest absolute Gasteiger partial charge is 0.217 e. The molecule has 1 amide bonds. The number of carbonyl (C=O) groups excluding carboxylic acids is 2. The van der Waals surface area contributed by atoms with E-state index in [1.165, 1.54) is 13.8 Å². The number of carbonyl (C=O) groups is 2. The van der Waals surface area contributed by atoms with Crippen LogP contribution in [0.3, 0.4) is 0 Å². The second-order valence-electron chi connectivity index (χ2n) is 4.41. The Morgan fingerprint density at radius 3 is 2.63 bits per heavy atom. The molecule has 1 unspecified atom stereocenters. The molecule has 1 rings (SSSR count). The highest BCUT2D eigenvalue weighted by Crippen LogP contribution is 2.23. The molecule has 6 atom stereocenters. The summed E-state index contributed by atoms with van der Waals surface area (Å²) in [7, 11) is 0. The molecule has 0 aliphatic carbocycles. The van der Waals surface area contributed by atoms with E-state index in [-0.39, 0.29) is 0 Å². The summed E-state index contributed by atoms with van der Waals surface area (Å²) >= 11 is 0. The molecular formula is C11H19NO7. The van der Waals surface area contributed by atoms with Crippen molar-refractivity contribution in [3.8, 4) is 0 Å². The predicted octanol–water partition coefficient (Wildman–Crippen LogP) is -2.47. The lowest BCUT2D eigenvalue weighted by Gasteiger charge is -2.42. The zero-order chi connectivity index (χ0) is 14.6. The molecule has 0 aromatic carbocycles. The molecule has 19 heavy (non-hydrogen) atoms. The summed E-state index contributed by atoms with van der Waals surface area (Å²) in [5.74, 6) is -0.449. The molecule has 0 bridgehead atoms. The third kappa shape index (κ3) is 3.95. The van der Waals surface area contributed by atoms with Crippen molar-refractivity contribution in [3.63, 3.8) is 0 Å². The van der Waals surface area contributed by atoms with Gasteiger partial charge in [0, 0.05) is 6.92 Å². The van der Waals surface area contributed by atoms with Crippen LogP contribution in [0.25, 0.3) is 0 Å². The SMILES string of the molecule is CC(=O)N[C@@H]1[C@@H](OC(C)C=O)[C@H](O)[C@@H](CO)O[C@@H]1O. The maximum absolute atomic E-state index is 11.1. The van der Waals surface area contributed by atoms with Crippen LogP contribution in [-0.4, -0.2) is 70.9 Å². The molecule has 1 aliphatic rings. The Kier molecular flexibility index (Phi) is 5.83. The highest BCUT2D eigenvalue weighted by Gasteiger charge is 2.46. The number of hydrogen-bond donors (Lipinski definition) is 4. The Morgan fingerprint density at radius 1 is 1.53 bits per heavy atom. The van der Waals surface area contributed by atoms with Crippen LogP contribution in [0.5, 0.6) is 0 Å². The lowest BCUT2D eigenvalue weighted by atomic mass is 9.96. The highest BCUT2D eigenvalue weighted by molar-refractivity contribution is 5.73. The summed E-state index contributed by atoms with van der Waals surface area (Å²) in [5.41, 5.74) is 0. The molecule has 4 N–H and O–H groups in total. The number of aldehydes is 1. The summed E-state index contributed by atoms with van der Waals surface area (Å²) in [6.45, 7) is 2.16. The zero-order valence-electron chi connectivity index (χ0n) is 10.7. The predicted molar refractivity (Wildman–Crippen MR) is 62.0 cm³/mol.